The van der Waals surface area contributed by atoms with E-state index < -0.39 is 5.97 Å². The van der Waals surface area contributed by atoms with Crippen LogP contribution in [0.4, 0.5) is 0 Å². The number of rotatable bonds is 6. The number of aromatic nitrogens is 1. The molecular formula is C19H17NO5. The van der Waals surface area contributed by atoms with E-state index in [2.05, 4.69) is 4.98 Å². The molecule has 0 radical (unpaired) electrons. The second kappa shape index (κ2) is 7.09. The molecule has 3 rings (SSSR count). The van der Waals surface area contributed by atoms with Crippen LogP contribution < -0.4 is 9.47 Å². The number of benzene rings is 2. The highest BCUT2D eigenvalue weighted by Gasteiger charge is 2.15. The van der Waals surface area contributed by atoms with E-state index in [1.807, 2.05) is 24.3 Å². The van der Waals surface area contributed by atoms with Gasteiger partial charge in [-0.1, -0.05) is 18.2 Å². The molecule has 0 saturated carbocycles. The van der Waals surface area contributed by atoms with Gasteiger partial charge in [-0.3, -0.25) is 4.79 Å². The van der Waals surface area contributed by atoms with Crippen LogP contribution in [0.25, 0.3) is 22.7 Å². The average Bonchev–Trinajstić information content (AvgIpc) is 3.04. The van der Waals surface area contributed by atoms with Crippen LogP contribution in [0.1, 0.15) is 17.9 Å². The summed E-state index contributed by atoms with van der Waals surface area (Å²) in [5.74, 6) is 0.483. The molecule has 6 heteroatoms. The second-order valence-electron chi connectivity index (χ2n) is 5.34. The molecule has 0 bridgehead atoms. The molecule has 0 unspecified atom stereocenters. The van der Waals surface area contributed by atoms with E-state index in [1.165, 1.54) is 0 Å². The van der Waals surface area contributed by atoms with Crippen molar-refractivity contribution in [2.24, 2.45) is 0 Å². The van der Waals surface area contributed by atoms with Crippen LogP contribution in [0.2, 0.25) is 0 Å². The molecule has 0 aliphatic heterocycles. The first-order valence-corrected chi connectivity index (χ1v) is 7.61. The van der Waals surface area contributed by atoms with Crippen molar-refractivity contribution < 1.29 is 23.8 Å². The van der Waals surface area contributed by atoms with Gasteiger partial charge in [-0.15, -0.1) is 0 Å². The molecule has 1 N–H and O–H groups in total. The minimum atomic E-state index is -0.964. The van der Waals surface area contributed by atoms with E-state index in [0.717, 1.165) is 5.56 Å². The zero-order valence-electron chi connectivity index (χ0n) is 13.9. The van der Waals surface area contributed by atoms with Crippen molar-refractivity contribution in [3.63, 3.8) is 0 Å². The fraction of sp³-hybridized carbons (Fsp3) is 0.158. The number of methoxy groups -OCH3 is 2. The molecule has 1 aromatic heterocycles. The number of para-hydroxylation sites is 2. The zero-order valence-corrected chi connectivity index (χ0v) is 13.9. The first-order valence-electron chi connectivity index (χ1n) is 7.61. The van der Waals surface area contributed by atoms with Crippen molar-refractivity contribution in [3.05, 3.63) is 53.9 Å². The molecule has 0 aliphatic rings. The molecule has 25 heavy (non-hydrogen) atoms. The molecule has 1 heterocycles. The van der Waals surface area contributed by atoms with E-state index in [-0.39, 0.29) is 6.42 Å². The van der Waals surface area contributed by atoms with Gasteiger partial charge in [0.05, 0.1) is 20.6 Å². The first-order chi connectivity index (χ1) is 12.1. The third-order valence-electron chi connectivity index (χ3n) is 3.66. The Balaban J connectivity index is 2.06. The van der Waals surface area contributed by atoms with Crippen LogP contribution in [-0.4, -0.2) is 30.3 Å². The van der Waals surface area contributed by atoms with E-state index >= 15 is 0 Å². The van der Waals surface area contributed by atoms with Gasteiger partial charge in [0.15, 0.2) is 17.1 Å². The van der Waals surface area contributed by atoms with Crippen molar-refractivity contribution in [2.45, 2.75) is 6.42 Å². The highest BCUT2D eigenvalue weighted by molar-refractivity contribution is 5.91. The van der Waals surface area contributed by atoms with Crippen LogP contribution in [-0.2, 0) is 4.79 Å². The number of hydrogen-bond donors (Lipinski definition) is 1. The molecule has 2 aromatic carbocycles. The van der Waals surface area contributed by atoms with Crippen LogP contribution in [0.3, 0.4) is 0 Å². The zero-order chi connectivity index (χ0) is 17.8. The Morgan fingerprint density at radius 2 is 1.92 bits per heavy atom. The van der Waals surface area contributed by atoms with Crippen LogP contribution in [0, 0.1) is 0 Å². The highest BCUT2D eigenvalue weighted by Crippen LogP contribution is 2.30. The van der Waals surface area contributed by atoms with Gasteiger partial charge in [-0.25, -0.2) is 4.98 Å². The lowest BCUT2D eigenvalue weighted by Gasteiger charge is -2.08. The molecule has 0 saturated heterocycles. The smallest absolute Gasteiger partial charge is 0.308 e. The van der Waals surface area contributed by atoms with Gasteiger partial charge < -0.3 is 19.0 Å². The van der Waals surface area contributed by atoms with E-state index in [4.69, 9.17) is 13.9 Å². The van der Waals surface area contributed by atoms with Gasteiger partial charge >= 0.3 is 5.97 Å². The Bertz CT molecular complexity index is 909. The SMILES string of the molecule is COc1ccc(C=C(CC(=O)O)c2nc3ccccc3o2)cc1OC. The van der Waals surface area contributed by atoms with Gasteiger partial charge in [0, 0.05) is 5.57 Å². The second-order valence-corrected chi connectivity index (χ2v) is 5.34. The van der Waals surface area contributed by atoms with Gasteiger partial charge in [-0.05, 0) is 35.9 Å². The van der Waals surface area contributed by atoms with Crippen molar-refractivity contribution in [2.75, 3.05) is 14.2 Å². The highest BCUT2D eigenvalue weighted by atomic mass is 16.5. The Labute approximate surface area is 144 Å². The lowest BCUT2D eigenvalue weighted by atomic mass is 10.1. The number of oxazole rings is 1. The normalized spacial score (nSPS) is 11.5. The van der Waals surface area contributed by atoms with Crippen LogP contribution >= 0.6 is 0 Å². The maximum Gasteiger partial charge on any atom is 0.308 e. The van der Waals surface area contributed by atoms with Crippen LogP contribution in [0.15, 0.2) is 46.9 Å². The lowest BCUT2D eigenvalue weighted by molar-refractivity contribution is -0.135. The number of aliphatic carboxylic acids is 1. The number of carboxylic acids is 1. The number of fused-ring (bicyclic) bond motifs is 1. The van der Waals surface area contributed by atoms with Gasteiger partial charge in [0.1, 0.15) is 5.52 Å². The van der Waals surface area contributed by atoms with Crippen LogP contribution in [0.5, 0.6) is 11.5 Å². The molecule has 0 aliphatic carbocycles. The molecule has 0 atom stereocenters. The minimum Gasteiger partial charge on any atom is -0.493 e. The first kappa shape index (κ1) is 16.6. The number of nitrogens with zero attached hydrogens (tertiary/aromatic N) is 1. The fourth-order valence-corrected chi connectivity index (χ4v) is 2.50. The Morgan fingerprint density at radius 1 is 1.16 bits per heavy atom. The summed E-state index contributed by atoms with van der Waals surface area (Å²) < 4.78 is 16.2. The Morgan fingerprint density at radius 3 is 2.60 bits per heavy atom. The summed E-state index contributed by atoms with van der Waals surface area (Å²) in [6, 6.07) is 12.6. The maximum absolute atomic E-state index is 11.3. The predicted octanol–water partition coefficient (Wildman–Crippen LogP) is 3.86. The van der Waals surface area contributed by atoms with E-state index in [0.29, 0.717) is 34.1 Å². The largest absolute Gasteiger partial charge is 0.493 e. The standard InChI is InChI=1S/C19H17NO5/c1-23-16-8-7-12(10-17(16)24-2)9-13(11-18(21)22)19-20-14-5-3-4-6-15(14)25-19/h3-10H,11H2,1-2H3,(H,21,22). The summed E-state index contributed by atoms with van der Waals surface area (Å²) in [5.41, 5.74) is 2.52. The quantitative estimate of drug-likeness (QED) is 0.734. The third-order valence-corrected chi connectivity index (χ3v) is 3.66. The maximum atomic E-state index is 11.3. The monoisotopic (exact) mass is 339 g/mol. The van der Waals surface area contributed by atoms with Gasteiger partial charge in [0.2, 0.25) is 5.89 Å². The van der Waals surface area contributed by atoms with Crippen molar-refractivity contribution in [1.82, 2.24) is 4.98 Å². The van der Waals surface area contributed by atoms with Crippen molar-refractivity contribution in [3.8, 4) is 11.5 Å². The lowest BCUT2D eigenvalue weighted by Crippen LogP contribution is -1.97. The third kappa shape index (κ3) is 3.63. The van der Waals surface area contributed by atoms with Crippen molar-refractivity contribution >= 4 is 28.7 Å². The molecule has 3 aromatic rings. The summed E-state index contributed by atoms with van der Waals surface area (Å²) in [6.07, 6.45) is 1.52. The summed E-state index contributed by atoms with van der Waals surface area (Å²) in [5, 5.41) is 9.23. The van der Waals surface area contributed by atoms with Crippen molar-refractivity contribution in [1.29, 1.82) is 0 Å². The predicted molar refractivity (Wildman–Crippen MR) is 93.7 cm³/mol. The van der Waals surface area contributed by atoms with Gasteiger partial charge in [0.25, 0.3) is 0 Å². The summed E-state index contributed by atoms with van der Waals surface area (Å²) in [6.45, 7) is 0. The number of hydrogen-bond acceptors (Lipinski definition) is 5. The molecule has 128 valence electrons. The molecule has 6 nitrogen and oxygen atoms in total. The Kier molecular flexibility index (Phi) is 4.70. The number of carboxylic acid groups (broad SMARTS) is 1. The minimum absolute atomic E-state index is 0.207. The number of carbonyl (C=O) groups is 1. The molecular weight excluding hydrogens is 322 g/mol. The summed E-state index contributed by atoms with van der Waals surface area (Å²) in [7, 11) is 3.10. The fourth-order valence-electron chi connectivity index (χ4n) is 2.50. The number of ether oxygens (including phenoxy) is 2. The van der Waals surface area contributed by atoms with E-state index in [9.17, 15) is 9.90 Å². The Hall–Kier alpha value is -3.28. The molecule has 0 fully saturated rings. The summed E-state index contributed by atoms with van der Waals surface area (Å²) >= 11 is 0. The average molecular weight is 339 g/mol. The van der Waals surface area contributed by atoms with Gasteiger partial charge in [-0.2, -0.15) is 0 Å². The molecule has 0 spiro atoms. The molecule has 0 amide bonds. The van der Waals surface area contributed by atoms with E-state index in [1.54, 1.807) is 38.5 Å². The topological polar surface area (TPSA) is 81.8 Å². The summed E-state index contributed by atoms with van der Waals surface area (Å²) in [4.78, 5) is 15.6.